The molecule has 4 aromatic rings. The molecule has 4 unspecified atom stereocenters. The van der Waals surface area contributed by atoms with Crippen LogP contribution in [-0.2, 0) is 65.9 Å². The van der Waals surface area contributed by atoms with E-state index in [1.165, 1.54) is 11.1 Å². The Bertz CT molecular complexity index is 1930. The minimum atomic E-state index is -1.92. The van der Waals surface area contributed by atoms with Gasteiger partial charge in [-0.25, -0.2) is 0 Å². The Morgan fingerprint density at radius 3 is 1.38 bits per heavy atom. The van der Waals surface area contributed by atoms with Crippen LogP contribution in [-0.4, -0.2) is 99.8 Å². The van der Waals surface area contributed by atoms with Gasteiger partial charge in [0, 0.05) is 13.2 Å². The standard InChI is InChI=1S/C25H34O6Si.C21H22O4.CH4.2O.Pt/c1-3-30-32(31-4-2)13-5-6-21-14-20(9-12-25(21)29-18-24-17-28-24)19-7-10-22(11-8-19)26-15-23-16-27-23;1-2-3-17-10-16(6-9-21(17)25-14-20-13-24-20)15-4-7-18(8-5-15)22-11-19-12-23-19;;;;/h7-12,14,23-24,32H,3-6,13,15-18H2,1-2H3;2,4-10,19-20H,1,3,11-14H2;1H4;;;. The van der Waals surface area contributed by atoms with E-state index < -0.39 is 27.8 Å². The van der Waals surface area contributed by atoms with E-state index in [0.29, 0.717) is 26.4 Å². The van der Waals surface area contributed by atoms with E-state index in [2.05, 4.69) is 61.2 Å². The molecule has 334 valence electrons. The number of hydrogen-bond acceptors (Lipinski definition) is 12. The molecule has 8 rings (SSSR count). The van der Waals surface area contributed by atoms with Crippen LogP contribution in [0.25, 0.3) is 22.3 Å². The fraction of sp³-hybridized carbons (Fsp3) is 0.447. The van der Waals surface area contributed by atoms with Crippen LogP contribution in [0.4, 0.5) is 0 Å². The molecule has 0 radical (unpaired) electrons. The second kappa shape index (κ2) is 25.9. The molecular weight excluding hydrogens is 980 g/mol. The van der Waals surface area contributed by atoms with Crippen molar-refractivity contribution in [1.82, 2.24) is 0 Å². The van der Waals surface area contributed by atoms with E-state index >= 15 is 0 Å². The van der Waals surface area contributed by atoms with Crippen molar-refractivity contribution in [3.05, 3.63) is 109 Å². The zero-order chi connectivity index (χ0) is 41.9. The first-order chi connectivity index (χ1) is 29.5. The Morgan fingerprint density at radius 2 is 0.984 bits per heavy atom. The molecule has 14 heteroatoms. The van der Waals surface area contributed by atoms with Crippen molar-refractivity contribution in [1.29, 1.82) is 0 Å². The van der Waals surface area contributed by atoms with Gasteiger partial charge in [-0.15, -0.1) is 6.58 Å². The van der Waals surface area contributed by atoms with Gasteiger partial charge in [0.05, 0.1) is 26.4 Å². The SMILES string of the molecule is C.C=CCc1cc(-c2ccc(OCC3CO3)cc2)ccc1OCC1CO1.CCO[SiH](CCCc1cc(-c2ccc(OCC3CO3)cc2)ccc1OCC1CO1)OCC.[O]=[Pt]=[O]. The first kappa shape index (κ1) is 48.1. The van der Waals surface area contributed by atoms with Crippen LogP contribution >= 0.6 is 0 Å². The zero-order valence-corrected chi connectivity index (χ0v) is 37.8. The van der Waals surface area contributed by atoms with Crippen molar-refractivity contribution in [2.75, 3.05) is 66.1 Å². The van der Waals surface area contributed by atoms with Gasteiger partial charge >= 0.3 is 34.6 Å². The quantitative estimate of drug-likeness (QED) is 0.0380. The maximum absolute atomic E-state index is 8.49. The van der Waals surface area contributed by atoms with Crippen LogP contribution in [0.15, 0.2) is 97.6 Å². The van der Waals surface area contributed by atoms with E-state index in [4.69, 9.17) is 53.5 Å². The summed E-state index contributed by atoms with van der Waals surface area (Å²) in [7, 11) is -1.58. The molecule has 0 aromatic heterocycles. The number of rotatable bonds is 24. The molecule has 4 heterocycles. The third-order valence-electron chi connectivity index (χ3n) is 9.78. The predicted molar refractivity (Wildman–Crippen MR) is 230 cm³/mol. The molecule has 0 N–H and O–H groups in total. The van der Waals surface area contributed by atoms with Gasteiger partial charge in [-0.2, -0.15) is 0 Å². The van der Waals surface area contributed by atoms with Crippen molar-refractivity contribution in [3.63, 3.8) is 0 Å². The number of ether oxygens (including phenoxy) is 8. The zero-order valence-electron chi connectivity index (χ0n) is 34.4. The van der Waals surface area contributed by atoms with Crippen LogP contribution in [0.2, 0.25) is 6.04 Å². The number of epoxide rings is 4. The van der Waals surface area contributed by atoms with Crippen molar-refractivity contribution >= 4 is 9.28 Å². The second-order valence-electron chi connectivity index (χ2n) is 14.5. The summed E-state index contributed by atoms with van der Waals surface area (Å²) < 4.78 is 72.9. The van der Waals surface area contributed by atoms with Gasteiger partial charge in [-0.05, 0) is 121 Å². The molecule has 4 fully saturated rings. The molecule has 4 aromatic carbocycles. The van der Waals surface area contributed by atoms with Crippen molar-refractivity contribution < 1.29 is 72.0 Å². The number of allylic oxidation sites excluding steroid dienone is 1. The first-order valence-electron chi connectivity index (χ1n) is 20.6. The van der Waals surface area contributed by atoms with Gasteiger partial charge in [-0.1, -0.05) is 49.9 Å². The molecule has 0 spiro atoms. The first-order valence-corrected chi connectivity index (χ1v) is 24.2. The van der Waals surface area contributed by atoms with E-state index in [9.17, 15) is 0 Å². The van der Waals surface area contributed by atoms with Crippen LogP contribution < -0.4 is 18.9 Å². The Hall–Kier alpha value is -3.91. The second-order valence-corrected chi connectivity index (χ2v) is 17.0. The third-order valence-corrected chi connectivity index (χ3v) is 12.1. The summed E-state index contributed by atoms with van der Waals surface area (Å²) in [5.74, 6) is 3.59. The average Bonchev–Trinajstić information content (AvgIpc) is 4.06. The topological polar surface area (TPSA) is 140 Å². The van der Waals surface area contributed by atoms with Gasteiger partial charge in [0.1, 0.15) is 73.8 Å². The molecule has 12 nitrogen and oxygen atoms in total. The fourth-order valence-corrected chi connectivity index (χ4v) is 7.95. The minimum absolute atomic E-state index is 0. The van der Waals surface area contributed by atoms with Crippen LogP contribution in [0.3, 0.4) is 0 Å². The Balaban J connectivity index is 0.000000219. The Kier molecular flexibility index (Phi) is 20.4. The fourth-order valence-electron chi connectivity index (χ4n) is 6.24. The average molecular weight is 1040 g/mol. The molecule has 0 aliphatic carbocycles. The molecule has 4 saturated heterocycles. The summed E-state index contributed by atoms with van der Waals surface area (Å²) in [6, 6.07) is 30.1. The Labute approximate surface area is 370 Å². The molecular formula is C47H60O12PtSi. The van der Waals surface area contributed by atoms with Crippen LogP contribution in [0.1, 0.15) is 38.8 Å². The molecule has 4 aliphatic rings. The molecule has 4 atom stereocenters. The summed E-state index contributed by atoms with van der Waals surface area (Å²) >= 11 is -1.92. The summed E-state index contributed by atoms with van der Waals surface area (Å²) in [6.07, 6.45) is 5.66. The molecule has 0 bridgehead atoms. The molecule has 61 heavy (non-hydrogen) atoms. The summed E-state index contributed by atoms with van der Waals surface area (Å²) in [5.41, 5.74) is 7.00. The van der Waals surface area contributed by atoms with Gasteiger partial charge in [0.15, 0.2) is 0 Å². The van der Waals surface area contributed by atoms with Gasteiger partial charge in [-0.3, -0.25) is 0 Å². The van der Waals surface area contributed by atoms with Crippen molar-refractivity contribution in [2.24, 2.45) is 0 Å². The maximum atomic E-state index is 8.49. The van der Waals surface area contributed by atoms with E-state index in [1.807, 2.05) is 50.3 Å². The third kappa shape index (κ3) is 17.4. The summed E-state index contributed by atoms with van der Waals surface area (Å²) in [6.45, 7) is 15.0. The van der Waals surface area contributed by atoms with Gasteiger partial charge in [0.2, 0.25) is 0 Å². The molecule has 0 amide bonds. The van der Waals surface area contributed by atoms with E-state index in [-0.39, 0.29) is 31.8 Å². The van der Waals surface area contributed by atoms with Gasteiger partial charge < -0.3 is 46.7 Å². The number of benzene rings is 4. The molecule has 0 saturated carbocycles. The Morgan fingerprint density at radius 1 is 0.607 bits per heavy atom. The van der Waals surface area contributed by atoms with Gasteiger partial charge in [0.25, 0.3) is 0 Å². The molecule has 4 aliphatic heterocycles. The van der Waals surface area contributed by atoms with Crippen LogP contribution in [0.5, 0.6) is 23.0 Å². The van der Waals surface area contributed by atoms with Crippen LogP contribution in [0, 0.1) is 0 Å². The predicted octanol–water partition coefficient (Wildman–Crippen LogP) is 8.17. The number of hydrogen-bond donors (Lipinski definition) is 0. The van der Waals surface area contributed by atoms with E-state index in [0.717, 1.165) is 110 Å². The summed E-state index contributed by atoms with van der Waals surface area (Å²) in [4.78, 5) is 0. The van der Waals surface area contributed by atoms with E-state index in [1.54, 1.807) is 0 Å². The normalized spacial score (nSPS) is 18.9. The monoisotopic (exact) mass is 1040 g/mol. The summed E-state index contributed by atoms with van der Waals surface area (Å²) in [5, 5.41) is 0. The van der Waals surface area contributed by atoms with Crippen molar-refractivity contribution in [3.8, 4) is 45.3 Å². The number of aryl methyl sites for hydroxylation is 1. The van der Waals surface area contributed by atoms with Crippen molar-refractivity contribution in [2.45, 2.75) is 71.0 Å².